The van der Waals surface area contributed by atoms with Gasteiger partial charge in [-0.3, -0.25) is 4.79 Å². The molecule has 0 aliphatic carbocycles. The van der Waals surface area contributed by atoms with Gasteiger partial charge in [-0.15, -0.1) is 0 Å². The Labute approximate surface area is 130 Å². The molecule has 1 saturated heterocycles. The first-order chi connectivity index (χ1) is 10.8. The van der Waals surface area contributed by atoms with E-state index in [9.17, 15) is 22.4 Å². The van der Waals surface area contributed by atoms with Crippen LogP contribution in [0.4, 0.5) is 23.2 Å². The first-order valence-corrected chi connectivity index (χ1v) is 7.18. The van der Waals surface area contributed by atoms with Crippen LogP contribution in [0, 0.1) is 5.82 Å². The van der Waals surface area contributed by atoms with Crippen molar-refractivity contribution in [3.05, 3.63) is 29.6 Å². The lowest BCUT2D eigenvalue weighted by atomic mass is 10.2. The van der Waals surface area contributed by atoms with Crippen molar-refractivity contribution in [2.24, 2.45) is 0 Å². The van der Waals surface area contributed by atoms with Gasteiger partial charge in [-0.1, -0.05) is 0 Å². The van der Waals surface area contributed by atoms with E-state index in [1.54, 1.807) is 0 Å². The summed E-state index contributed by atoms with van der Waals surface area (Å²) in [5, 5.41) is 2.12. The summed E-state index contributed by atoms with van der Waals surface area (Å²) in [5.74, 6) is -1.67. The summed E-state index contributed by atoms with van der Waals surface area (Å²) in [6.07, 6.45) is -3.89. The molecule has 1 aromatic rings. The van der Waals surface area contributed by atoms with Crippen LogP contribution >= 0.6 is 0 Å². The molecular weight excluding hydrogens is 318 g/mol. The van der Waals surface area contributed by atoms with E-state index >= 15 is 0 Å². The molecule has 1 aromatic carbocycles. The molecule has 0 radical (unpaired) electrons. The zero-order valence-electron chi connectivity index (χ0n) is 12.5. The summed E-state index contributed by atoms with van der Waals surface area (Å²) in [6.45, 7) is 2.29. The summed E-state index contributed by atoms with van der Waals surface area (Å²) < 4.78 is 62.1. The highest BCUT2D eigenvalue weighted by molar-refractivity contribution is 5.94. The molecule has 1 fully saturated rings. The maximum absolute atomic E-state index is 13.6. The second-order valence-electron chi connectivity index (χ2n) is 5.29. The Morgan fingerprint density at radius 3 is 2.83 bits per heavy atom. The van der Waals surface area contributed by atoms with Gasteiger partial charge < -0.3 is 14.8 Å². The highest BCUT2D eigenvalue weighted by Crippen LogP contribution is 2.31. The number of nitrogens with one attached hydrogen (secondary N) is 1. The van der Waals surface area contributed by atoms with Gasteiger partial charge in [0.05, 0.1) is 24.0 Å². The van der Waals surface area contributed by atoms with Gasteiger partial charge >= 0.3 is 6.18 Å². The first-order valence-electron chi connectivity index (χ1n) is 7.18. The summed E-state index contributed by atoms with van der Waals surface area (Å²) in [4.78, 5) is 11.9. The van der Waals surface area contributed by atoms with Gasteiger partial charge in [0.2, 0.25) is 0 Å². The van der Waals surface area contributed by atoms with Crippen LogP contribution in [0.3, 0.4) is 0 Å². The standard InChI is InChI=1S/C15H17F4NO3/c1-9(23-8-11-3-2-6-22-11)14(21)20-13-7-10(15(17,18)19)4-5-12(13)16/h4-5,7,9,11H,2-3,6,8H2,1H3,(H,20,21)/t9-,11-/m1/s1. The molecule has 8 heteroatoms. The van der Waals surface area contributed by atoms with E-state index < -0.39 is 35.3 Å². The van der Waals surface area contributed by atoms with Crippen molar-refractivity contribution in [1.82, 2.24) is 0 Å². The molecule has 23 heavy (non-hydrogen) atoms. The summed E-state index contributed by atoms with van der Waals surface area (Å²) >= 11 is 0. The first kappa shape index (κ1) is 17.7. The van der Waals surface area contributed by atoms with Crippen molar-refractivity contribution >= 4 is 11.6 Å². The van der Waals surface area contributed by atoms with Crippen molar-refractivity contribution in [2.75, 3.05) is 18.5 Å². The van der Waals surface area contributed by atoms with E-state index in [2.05, 4.69) is 5.32 Å². The Hall–Kier alpha value is -1.67. The Bertz CT molecular complexity index is 556. The van der Waals surface area contributed by atoms with E-state index in [4.69, 9.17) is 9.47 Å². The van der Waals surface area contributed by atoms with Crippen molar-refractivity contribution in [1.29, 1.82) is 0 Å². The number of amides is 1. The fourth-order valence-corrected chi connectivity index (χ4v) is 2.13. The van der Waals surface area contributed by atoms with Gasteiger partial charge in [-0.05, 0) is 38.0 Å². The molecule has 0 bridgehead atoms. The van der Waals surface area contributed by atoms with E-state index in [0.717, 1.165) is 12.8 Å². The zero-order valence-corrected chi connectivity index (χ0v) is 12.5. The van der Waals surface area contributed by atoms with E-state index in [1.807, 2.05) is 0 Å². The molecule has 1 aliphatic rings. The molecule has 128 valence electrons. The summed E-state index contributed by atoms with van der Waals surface area (Å²) in [6, 6.07) is 1.83. The lowest BCUT2D eigenvalue weighted by Crippen LogP contribution is -2.31. The summed E-state index contributed by atoms with van der Waals surface area (Å²) in [7, 11) is 0. The number of alkyl halides is 3. The van der Waals surface area contributed by atoms with Crippen LogP contribution in [0.2, 0.25) is 0 Å². The molecule has 1 amide bonds. The number of hydrogen-bond donors (Lipinski definition) is 1. The summed E-state index contributed by atoms with van der Waals surface area (Å²) in [5.41, 5.74) is -1.57. The highest BCUT2D eigenvalue weighted by Gasteiger charge is 2.31. The number of rotatable bonds is 5. The second kappa shape index (κ2) is 7.27. The Morgan fingerprint density at radius 1 is 1.48 bits per heavy atom. The third-order valence-electron chi connectivity index (χ3n) is 3.48. The average Bonchev–Trinajstić information content (AvgIpc) is 2.99. The van der Waals surface area contributed by atoms with Crippen LogP contribution in [0.25, 0.3) is 0 Å². The minimum atomic E-state index is -4.62. The number of halogens is 4. The smallest absolute Gasteiger partial charge is 0.376 e. The maximum atomic E-state index is 13.6. The van der Waals surface area contributed by atoms with E-state index in [-0.39, 0.29) is 12.7 Å². The molecule has 2 atom stereocenters. The van der Waals surface area contributed by atoms with Crippen LogP contribution in [-0.2, 0) is 20.4 Å². The van der Waals surface area contributed by atoms with Gasteiger partial charge in [-0.25, -0.2) is 4.39 Å². The lowest BCUT2D eigenvalue weighted by Gasteiger charge is -2.17. The molecule has 1 N–H and O–H groups in total. The zero-order chi connectivity index (χ0) is 17.0. The molecule has 0 saturated carbocycles. The molecular formula is C15H17F4NO3. The van der Waals surface area contributed by atoms with Crippen LogP contribution in [0.5, 0.6) is 0 Å². The number of anilines is 1. The minimum absolute atomic E-state index is 0.0875. The van der Waals surface area contributed by atoms with Gasteiger partial charge in [0, 0.05) is 6.61 Å². The Kier molecular flexibility index (Phi) is 5.59. The van der Waals surface area contributed by atoms with E-state index in [0.29, 0.717) is 24.8 Å². The Balaban J connectivity index is 1.95. The molecule has 2 rings (SSSR count). The molecule has 1 aliphatic heterocycles. The molecule has 0 unspecified atom stereocenters. The maximum Gasteiger partial charge on any atom is 0.416 e. The predicted molar refractivity (Wildman–Crippen MR) is 74.4 cm³/mol. The molecule has 0 aromatic heterocycles. The lowest BCUT2D eigenvalue weighted by molar-refractivity contribution is -0.137. The van der Waals surface area contributed by atoms with Crippen molar-refractivity contribution < 1.29 is 31.8 Å². The van der Waals surface area contributed by atoms with Crippen molar-refractivity contribution in [2.45, 2.75) is 38.1 Å². The van der Waals surface area contributed by atoms with Gasteiger partial charge in [0.1, 0.15) is 11.9 Å². The number of hydrogen-bond acceptors (Lipinski definition) is 3. The number of benzene rings is 1. The SMILES string of the molecule is C[C@@H](OC[C@H]1CCCO1)C(=O)Nc1cc(C(F)(F)F)ccc1F. The quantitative estimate of drug-likeness (QED) is 0.840. The molecule has 0 spiro atoms. The fourth-order valence-electron chi connectivity index (χ4n) is 2.13. The second-order valence-corrected chi connectivity index (χ2v) is 5.29. The van der Waals surface area contributed by atoms with Gasteiger partial charge in [0.15, 0.2) is 0 Å². The largest absolute Gasteiger partial charge is 0.416 e. The van der Waals surface area contributed by atoms with Crippen LogP contribution in [0.1, 0.15) is 25.3 Å². The van der Waals surface area contributed by atoms with Crippen LogP contribution < -0.4 is 5.32 Å². The number of carbonyl (C=O) groups excluding carboxylic acids is 1. The number of ether oxygens (including phenoxy) is 2. The Morgan fingerprint density at radius 2 is 2.22 bits per heavy atom. The minimum Gasteiger partial charge on any atom is -0.376 e. The van der Waals surface area contributed by atoms with Crippen LogP contribution in [-0.4, -0.2) is 31.3 Å². The number of carbonyl (C=O) groups is 1. The van der Waals surface area contributed by atoms with Crippen molar-refractivity contribution in [3.8, 4) is 0 Å². The van der Waals surface area contributed by atoms with Gasteiger partial charge in [-0.2, -0.15) is 13.2 Å². The third kappa shape index (κ3) is 4.90. The molecule has 1 heterocycles. The average molecular weight is 335 g/mol. The van der Waals surface area contributed by atoms with E-state index in [1.165, 1.54) is 6.92 Å². The third-order valence-corrected chi connectivity index (χ3v) is 3.48. The normalized spacial score (nSPS) is 19.6. The van der Waals surface area contributed by atoms with Crippen molar-refractivity contribution in [3.63, 3.8) is 0 Å². The highest BCUT2D eigenvalue weighted by atomic mass is 19.4. The van der Waals surface area contributed by atoms with Crippen LogP contribution in [0.15, 0.2) is 18.2 Å². The van der Waals surface area contributed by atoms with Gasteiger partial charge in [0.25, 0.3) is 5.91 Å². The molecule has 4 nitrogen and oxygen atoms in total. The predicted octanol–water partition coefficient (Wildman–Crippen LogP) is 3.37. The fraction of sp³-hybridized carbons (Fsp3) is 0.533. The topological polar surface area (TPSA) is 47.6 Å². The monoisotopic (exact) mass is 335 g/mol.